The number of imidazole rings is 1. The molecule has 2 heterocycles. The molecule has 0 unspecified atom stereocenters. The summed E-state index contributed by atoms with van der Waals surface area (Å²) in [4.78, 5) is 19.5. The highest BCUT2D eigenvalue weighted by Crippen LogP contribution is 2.37. The Morgan fingerprint density at radius 1 is 1.22 bits per heavy atom. The van der Waals surface area contributed by atoms with Gasteiger partial charge < -0.3 is 19.3 Å². The highest BCUT2D eigenvalue weighted by Gasteiger charge is 2.39. The molecule has 0 bridgehead atoms. The molecule has 1 N–H and O–H groups in total. The molecule has 32 heavy (non-hydrogen) atoms. The van der Waals surface area contributed by atoms with E-state index in [-0.39, 0.29) is 11.9 Å². The first-order valence-corrected chi connectivity index (χ1v) is 11.0. The fourth-order valence-electron chi connectivity index (χ4n) is 4.87. The van der Waals surface area contributed by atoms with Gasteiger partial charge in [0.2, 0.25) is 5.91 Å². The van der Waals surface area contributed by atoms with Crippen molar-refractivity contribution < 1.29 is 14.6 Å². The summed E-state index contributed by atoms with van der Waals surface area (Å²) in [7, 11) is 1.65. The number of amides is 1. The van der Waals surface area contributed by atoms with Crippen LogP contribution in [0, 0.1) is 6.92 Å². The van der Waals surface area contributed by atoms with Crippen LogP contribution in [0.3, 0.4) is 0 Å². The number of rotatable bonds is 4. The van der Waals surface area contributed by atoms with E-state index in [4.69, 9.17) is 4.74 Å². The predicted octanol–water partition coefficient (Wildman–Crippen LogP) is 3.85. The summed E-state index contributed by atoms with van der Waals surface area (Å²) in [6, 6.07) is 13.6. The van der Waals surface area contributed by atoms with Gasteiger partial charge in [0.1, 0.15) is 5.75 Å². The second kappa shape index (κ2) is 8.28. The lowest BCUT2D eigenvalue weighted by Gasteiger charge is -2.35. The van der Waals surface area contributed by atoms with E-state index in [1.54, 1.807) is 13.4 Å². The lowest BCUT2D eigenvalue weighted by molar-refractivity contribution is -0.133. The Morgan fingerprint density at radius 3 is 2.81 bits per heavy atom. The number of aryl methyl sites for hydroxylation is 1. The average molecular weight is 430 g/mol. The topological polar surface area (TPSA) is 67.6 Å². The molecule has 0 radical (unpaired) electrons. The number of carbonyl (C=O) groups excluding carboxylic acids is 1. The number of piperidine rings is 1. The second-order valence-electron chi connectivity index (χ2n) is 8.54. The zero-order valence-corrected chi connectivity index (χ0v) is 18.4. The molecule has 1 aromatic heterocycles. The van der Waals surface area contributed by atoms with Crippen LogP contribution < -0.4 is 4.74 Å². The summed E-state index contributed by atoms with van der Waals surface area (Å²) in [5.74, 6) is 0.736. The van der Waals surface area contributed by atoms with Gasteiger partial charge in [0.05, 0.1) is 37.0 Å². The van der Waals surface area contributed by atoms with Gasteiger partial charge in [0.25, 0.3) is 0 Å². The van der Waals surface area contributed by atoms with Crippen molar-refractivity contribution in [3.05, 3.63) is 82.9 Å². The van der Waals surface area contributed by atoms with E-state index < -0.39 is 6.10 Å². The molecular formula is C26H27N3O3. The molecule has 5 rings (SSSR count). The third-order valence-corrected chi connectivity index (χ3v) is 6.48. The molecule has 164 valence electrons. The molecule has 2 atom stereocenters. The Labute approximate surface area is 187 Å². The number of methoxy groups -OCH3 is 1. The molecule has 0 saturated carbocycles. The molecule has 3 aromatic rings. The van der Waals surface area contributed by atoms with Crippen LogP contribution in [0.15, 0.2) is 60.6 Å². The molecule has 2 aromatic carbocycles. The number of fused-ring (bicyclic) bond motifs is 1. The number of aliphatic hydroxyl groups excluding tert-OH is 1. The van der Waals surface area contributed by atoms with Gasteiger partial charge >= 0.3 is 0 Å². The quantitative estimate of drug-likeness (QED) is 0.640. The van der Waals surface area contributed by atoms with Crippen molar-refractivity contribution in [2.75, 3.05) is 13.7 Å². The van der Waals surface area contributed by atoms with Crippen LogP contribution in [0.1, 0.15) is 41.3 Å². The largest absolute Gasteiger partial charge is 0.495 e. The van der Waals surface area contributed by atoms with Crippen LogP contribution in [-0.2, 0) is 11.2 Å². The number of hydrogen-bond donors (Lipinski definition) is 1. The van der Waals surface area contributed by atoms with E-state index in [0.717, 1.165) is 52.2 Å². The van der Waals surface area contributed by atoms with Gasteiger partial charge in [-0.3, -0.25) is 4.79 Å². The minimum Gasteiger partial charge on any atom is -0.495 e. The van der Waals surface area contributed by atoms with Gasteiger partial charge in [0, 0.05) is 18.3 Å². The smallest absolute Gasteiger partial charge is 0.250 e. The van der Waals surface area contributed by atoms with Crippen molar-refractivity contribution in [3.63, 3.8) is 0 Å². The predicted molar refractivity (Wildman–Crippen MR) is 123 cm³/mol. The molecule has 6 heteroatoms. The van der Waals surface area contributed by atoms with Crippen LogP contribution in [0.2, 0.25) is 0 Å². The fraction of sp³-hybridized carbons (Fsp3) is 0.308. The normalized spacial score (nSPS) is 21.8. The van der Waals surface area contributed by atoms with Crippen LogP contribution in [0.4, 0.5) is 0 Å². The minimum absolute atomic E-state index is 0.0152. The summed E-state index contributed by atoms with van der Waals surface area (Å²) in [5, 5.41) is 10.9. The van der Waals surface area contributed by atoms with Crippen molar-refractivity contribution >= 4 is 12.0 Å². The number of nitrogens with zero attached hydrogens (tertiary/aromatic N) is 3. The van der Waals surface area contributed by atoms with Crippen molar-refractivity contribution in [2.24, 2.45) is 0 Å². The first-order valence-electron chi connectivity index (χ1n) is 11.0. The highest BCUT2D eigenvalue weighted by atomic mass is 16.5. The molecule has 1 aliphatic heterocycles. The van der Waals surface area contributed by atoms with Crippen molar-refractivity contribution in [3.8, 4) is 11.4 Å². The molecule has 0 spiro atoms. The number of carbonyl (C=O) groups is 1. The van der Waals surface area contributed by atoms with E-state index in [9.17, 15) is 9.90 Å². The lowest BCUT2D eigenvalue weighted by Crippen LogP contribution is -2.46. The molecule has 1 fully saturated rings. The van der Waals surface area contributed by atoms with Gasteiger partial charge in [-0.05, 0) is 61.1 Å². The summed E-state index contributed by atoms with van der Waals surface area (Å²) < 4.78 is 7.54. The number of likely N-dealkylation sites (tertiary alicyclic amines) is 1. The minimum atomic E-state index is -0.632. The fourth-order valence-corrected chi connectivity index (χ4v) is 4.87. The van der Waals surface area contributed by atoms with Crippen LogP contribution >= 0.6 is 0 Å². The Hall–Kier alpha value is -3.38. The Bertz CT molecular complexity index is 1200. The summed E-state index contributed by atoms with van der Waals surface area (Å²) in [5.41, 5.74) is 5.59. The van der Waals surface area contributed by atoms with Gasteiger partial charge in [0.15, 0.2) is 0 Å². The number of hydrogen-bond acceptors (Lipinski definition) is 4. The van der Waals surface area contributed by atoms with E-state index >= 15 is 0 Å². The SMILES string of the molecule is COc1cc(/C=C2\CCCN([C@H]3Cc4ccccc4[C@@H]3O)C2=O)ccc1-n1cnc(C)c1. The van der Waals surface area contributed by atoms with Crippen LogP contribution in [0.25, 0.3) is 11.8 Å². The first kappa shape index (κ1) is 20.5. The number of ether oxygens (including phenoxy) is 1. The number of benzene rings is 2. The van der Waals surface area contributed by atoms with Crippen molar-refractivity contribution in [1.82, 2.24) is 14.5 Å². The lowest BCUT2D eigenvalue weighted by atomic mass is 9.97. The highest BCUT2D eigenvalue weighted by molar-refractivity contribution is 5.99. The number of aromatic nitrogens is 2. The van der Waals surface area contributed by atoms with Crippen LogP contribution in [0.5, 0.6) is 5.75 Å². The first-order chi connectivity index (χ1) is 15.5. The zero-order valence-electron chi connectivity index (χ0n) is 18.4. The molecular weight excluding hydrogens is 402 g/mol. The van der Waals surface area contributed by atoms with Gasteiger partial charge in [-0.2, -0.15) is 0 Å². The maximum absolute atomic E-state index is 13.4. The van der Waals surface area contributed by atoms with Gasteiger partial charge in [-0.15, -0.1) is 0 Å². The zero-order chi connectivity index (χ0) is 22.2. The molecule has 1 amide bonds. The maximum Gasteiger partial charge on any atom is 0.250 e. The van der Waals surface area contributed by atoms with E-state index in [1.807, 2.05) is 71.1 Å². The van der Waals surface area contributed by atoms with Gasteiger partial charge in [-0.1, -0.05) is 30.3 Å². The Kier molecular flexibility index (Phi) is 5.31. The number of aliphatic hydroxyl groups is 1. The Balaban J connectivity index is 1.40. The standard InChI is InChI=1S/C26H27N3O3/c1-17-15-28(16-27-17)22-10-9-18(13-24(22)32-2)12-20-7-5-11-29(26(20)31)23-14-19-6-3-4-8-21(19)25(23)30/h3-4,6,8-10,12-13,15-16,23,25,30H,5,7,11,14H2,1-2H3/b20-12+/t23-,25-/m0/s1. The summed E-state index contributed by atoms with van der Waals surface area (Å²) in [6.07, 6.45) is 7.35. The second-order valence-corrected chi connectivity index (χ2v) is 8.54. The Morgan fingerprint density at radius 2 is 2.06 bits per heavy atom. The average Bonchev–Trinajstić information content (AvgIpc) is 3.38. The third kappa shape index (κ3) is 3.60. The van der Waals surface area contributed by atoms with Gasteiger partial charge in [-0.25, -0.2) is 4.98 Å². The summed E-state index contributed by atoms with van der Waals surface area (Å²) >= 11 is 0. The maximum atomic E-state index is 13.4. The molecule has 1 aliphatic carbocycles. The van der Waals surface area contributed by atoms with E-state index in [0.29, 0.717) is 13.0 Å². The molecule has 6 nitrogen and oxygen atoms in total. The monoisotopic (exact) mass is 429 g/mol. The third-order valence-electron chi connectivity index (χ3n) is 6.48. The van der Waals surface area contributed by atoms with E-state index in [2.05, 4.69) is 4.98 Å². The van der Waals surface area contributed by atoms with Crippen LogP contribution in [-0.4, -0.2) is 45.2 Å². The van der Waals surface area contributed by atoms with Crippen molar-refractivity contribution in [1.29, 1.82) is 0 Å². The van der Waals surface area contributed by atoms with E-state index in [1.165, 1.54) is 0 Å². The molecule has 1 saturated heterocycles. The van der Waals surface area contributed by atoms with Crippen molar-refractivity contribution in [2.45, 2.75) is 38.3 Å². The summed E-state index contributed by atoms with van der Waals surface area (Å²) in [6.45, 7) is 2.62. The molecule has 2 aliphatic rings.